The van der Waals surface area contributed by atoms with Crippen LogP contribution in [0.25, 0.3) is 0 Å². The van der Waals surface area contributed by atoms with Crippen molar-refractivity contribution in [2.24, 2.45) is 11.8 Å². The summed E-state index contributed by atoms with van der Waals surface area (Å²) in [5.74, 6) is -0.344. The summed E-state index contributed by atoms with van der Waals surface area (Å²) in [5.41, 5.74) is 1.07. The summed E-state index contributed by atoms with van der Waals surface area (Å²) >= 11 is 0. The number of para-hydroxylation sites is 1. The van der Waals surface area contributed by atoms with Gasteiger partial charge in [0.25, 0.3) is 0 Å². The molecule has 0 spiro atoms. The number of urea groups is 1. The summed E-state index contributed by atoms with van der Waals surface area (Å²) < 4.78 is 5.99. The molecule has 1 saturated heterocycles. The number of ether oxygens (including phenoxy) is 1. The lowest BCUT2D eigenvalue weighted by atomic mass is 9.87. The molecule has 1 heterocycles. The molecular weight excluding hydrogens is 320 g/mol. The van der Waals surface area contributed by atoms with Crippen LogP contribution >= 0.6 is 0 Å². The molecule has 3 unspecified atom stereocenters. The molecule has 1 aromatic carbocycles. The van der Waals surface area contributed by atoms with Crippen molar-refractivity contribution in [1.82, 2.24) is 10.2 Å². The first-order valence-corrected chi connectivity index (χ1v) is 8.90. The minimum absolute atomic E-state index is 0.0396. The fourth-order valence-corrected chi connectivity index (χ4v) is 3.15. The molecule has 0 radical (unpaired) electrons. The molecule has 0 aromatic heterocycles. The monoisotopic (exact) mass is 348 g/mol. The molecule has 2 N–H and O–H groups in total. The second-order valence-corrected chi connectivity index (χ2v) is 6.76. The largest absolute Gasteiger partial charge is 0.488 e. The molecule has 25 heavy (non-hydrogen) atoms. The van der Waals surface area contributed by atoms with E-state index >= 15 is 0 Å². The predicted molar refractivity (Wildman–Crippen MR) is 95.8 cm³/mol. The van der Waals surface area contributed by atoms with Crippen molar-refractivity contribution in [2.75, 3.05) is 19.6 Å². The Morgan fingerprint density at radius 1 is 1.40 bits per heavy atom. The van der Waals surface area contributed by atoms with E-state index in [1.54, 1.807) is 4.90 Å². The number of piperidine rings is 1. The van der Waals surface area contributed by atoms with Gasteiger partial charge in [-0.3, -0.25) is 4.79 Å². The lowest BCUT2D eigenvalue weighted by Gasteiger charge is -2.35. The fraction of sp³-hybridized carbons (Fsp3) is 0.579. The Morgan fingerprint density at radius 3 is 2.72 bits per heavy atom. The van der Waals surface area contributed by atoms with Crippen molar-refractivity contribution in [3.05, 3.63) is 29.8 Å². The number of carbonyl (C=O) groups is 2. The Labute approximate surface area is 149 Å². The standard InChI is InChI=1S/C19H28N2O4/c1-4-15(25-17-8-6-5-7-13(17)2)11-20-19(24)21-10-9-16(18(22)23)14(3)12-21/h5-8,14-16H,4,9-12H2,1-3H3,(H,20,24)(H,22,23). The van der Waals surface area contributed by atoms with Gasteiger partial charge in [-0.25, -0.2) is 4.79 Å². The summed E-state index contributed by atoms with van der Waals surface area (Å²) in [6, 6.07) is 7.67. The van der Waals surface area contributed by atoms with Crippen molar-refractivity contribution in [3.63, 3.8) is 0 Å². The normalized spacial score (nSPS) is 21.5. The number of aryl methyl sites for hydroxylation is 1. The molecule has 0 saturated carbocycles. The highest BCUT2D eigenvalue weighted by atomic mass is 16.5. The van der Waals surface area contributed by atoms with Crippen LogP contribution < -0.4 is 10.1 Å². The number of hydrogen-bond donors (Lipinski definition) is 2. The number of hydrogen-bond acceptors (Lipinski definition) is 3. The van der Waals surface area contributed by atoms with E-state index in [1.807, 2.05) is 45.0 Å². The zero-order valence-electron chi connectivity index (χ0n) is 15.2. The number of nitrogens with zero attached hydrogens (tertiary/aromatic N) is 1. The van der Waals surface area contributed by atoms with Crippen molar-refractivity contribution >= 4 is 12.0 Å². The van der Waals surface area contributed by atoms with Crippen molar-refractivity contribution in [1.29, 1.82) is 0 Å². The van der Waals surface area contributed by atoms with Crippen LogP contribution in [0.5, 0.6) is 5.75 Å². The van der Waals surface area contributed by atoms with Gasteiger partial charge in [-0.15, -0.1) is 0 Å². The number of carboxylic acids is 1. The smallest absolute Gasteiger partial charge is 0.317 e. The van der Waals surface area contributed by atoms with Gasteiger partial charge in [-0.2, -0.15) is 0 Å². The topological polar surface area (TPSA) is 78.9 Å². The van der Waals surface area contributed by atoms with Crippen LogP contribution in [0.3, 0.4) is 0 Å². The van der Waals surface area contributed by atoms with E-state index in [4.69, 9.17) is 9.84 Å². The van der Waals surface area contributed by atoms with Crippen LogP contribution in [-0.2, 0) is 4.79 Å². The van der Waals surface area contributed by atoms with Gasteiger partial charge in [0.05, 0.1) is 12.5 Å². The maximum atomic E-state index is 12.4. The fourth-order valence-electron chi connectivity index (χ4n) is 3.15. The molecular formula is C19H28N2O4. The van der Waals surface area contributed by atoms with Crippen LogP contribution in [0, 0.1) is 18.8 Å². The van der Waals surface area contributed by atoms with Crippen LogP contribution in [0.1, 0.15) is 32.3 Å². The molecule has 1 aliphatic heterocycles. The molecule has 1 aliphatic rings. The summed E-state index contributed by atoms with van der Waals surface area (Å²) in [5, 5.41) is 12.1. The molecule has 6 heteroatoms. The number of likely N-dealkylation sites (tertiary alicyclic amines) is 1. The summed E-state index contributed by atoms with van der Waals surface area (Å²) in [4.78, 5) is 25.2. The molecule has 6 nitrogen and oxygen atoms in total. The third-order valence-corrected chi connectivity index (χ3v) is 4.83. The van der Waals surface area contributed by atoms with Gasteiger partial charge in [0.2, 0.25) is 0 Å². The summed E-state index contributed by atoms with van der Waals surface area (Å²) in [6.45, 7) is 7.27. The number of amides is 2. The number of nitrogens with one attached hydrogen (secondary N) is 1. The van der Waals surface area contributed by atoms with E-state index in [9.17, 15) is 9.59 Å². The minimum atomic E-state index is -0.773. The zero-order chi connectivity index (χ0) is 18.4. The highest BCUT2D eigenvalue weighted by Crippen LogP contribution is 2.23. The van der Waals surface area contributed by atoms with E-state index in [2.05, 4.69) is 5.32 Å². The number of carbonyl (C=O) groups excluding carboxylic acids is 1. The van der Waals surface area contributed by atoms with Gasteiger partial charge in [0, 0.05) is 13.1 Å². The van der Waals surface area contributed by atoms with E-state index in [1.165, 1.54) is 0 Å². The number of benzene rings is 1. The van der Waals surface area contributed by atoms with Crippen LogP contribution in [0.15, 0.2) is 24.3 Å². The van der Waals surface area contributed by atoms with Crippen LogP contribution in [-0.4, -0.2) is 47.7 Å². The van der Waals surface area contributed by atoms with E-state index in [-0.39, 0.29) is 24.0 Å². The molecule has 2 amide bonds. The van der Waals surface area contributed by atoms with Crippen molar-refractivity contribution in [3.8, 4) is 5.75 Å². The second-order valence-electron chi connectivity index (χ2n) is 6.76. The minimum Gasteiger partial charge on any atom is -0.488 e. The summed E-state index contributed by atoms with van der Waals surface area (Å²) in [6.07, 6.45) is 1.19. The third kappa shape index (κ3) is 5.11. The Kier molecular flexibility index (Phi) is 6.67. The molecule has 3 atom stereocenters. The van der Waals surface area contributed by atoms with Gasteiger partial charge < -0.3 is 20.1 Å². The lowest BCUT2D eigenvalue weighted by molar-refractivity contribution is -0.145. The lowest BCUT2D eigenvalue weighted by Crippen LogP contribution is -2.50. The predicted octanol–water partition coefficient (Wildman–Crippen LogP) is 2.90. The first-order valence-electron chi connectivity index (χ1n) is 8.90. The average molecular weight is 348 g/mol. The number of aliphatic carboxylic acids is 1. The van der Waals surface area contributed by atoms with Gasteiger partial charge in [0.1, 0.15) is 11.9 Å². The van der Waals surface area contributed by atoms with Gasteiger partial charge in [-0.05, 0) is 37.3 Å². The number of rotatable bonds is 6. The van der Waals surface area contributed by atoms with Crippen molar-refractivity contribution < 1.29 is 19.4 Å². The van der Waals surface area contributed by atoms with E-state index in [0.29, 0.717) is 26.1 Å². The van der Waals surface area contributed by atoms with Gasteiger partial charge >= 0.3 is 12.0 Å². The first kappa shape index (κ1) is 19.1. The highest BCUT2D eigenvalue weighted by Gasteiger charge is 2.33. The molecule has 2 rings (SSSR count). The first-order chi connectivity index (χ1) is 11.9. The van der Waals surface area contributed by atoms with E-state index < -0.39 is 5.97 Å². The molecule has 1 fully saturated rings. The Morgan fingerprint density at radius 2 is 2.12 bits per heavy atom. The Bertz CT molecular complexity index is 605. The summed E-state index contributed by atoms with van der Waals surface area (Å²) in [7, 11) is 0. The number of carboxylic acid groups (broad SMARTS) is 1. The Hall–Kier alpha value is -2.24. The average Bonchev–Trinajstić information content (AvgIpc) is 2.59. The second kappa shape index (κ2) is 8.74. The van der Waals surface area contributed by atoms with Gasteiger partial charge in [-0.1, -0.05) is 32.0 Å². The SMILES string of the molecule is CCC(CNC(=O)N1CCC(C(=O)O)C(C)C1)Oc1ccccc1C. The maximum absolute atomic E-state index is 12.4. The Balaban J connectivity index is 1.84. The highest BCUT2D eigenvalue weighted by molar-refractivity contribution is 5.75. The molecule has 1 aromatic rings. The quantitative estimate of drug-likeness (QED) is 0.828. The molecule has 0 bridgehead atoms. The maximum Gasteiger partial charge on any atom is 0.317 e. The van der Waals surface area contributed by atoms with Crippen molar-refractivity contribution in [2.45, 2.75) is 39.7 Å². The van der Waals surface area contributed by atoms with Crippen LogP contribution in [0.4, 0.5) is 4.79 Å². The van der Waals surface area contributed by atoms with E-state index in [0.717, 1.165) is 17.7 Å². The third-order valence-electron chi connectivity index (χ3n) is 4.83. The molecule has 0 aliphatic carbocycles. The zero-order valence-corrected chi connectivity index (χ0v) is 15.2. The van der Waals surface area contributed by atoms with Gasteiger partial charge in [0.15, 0.2) is 0 Å². The van der Waals surface area contributed by atoms with Crippen LogP contribution in [0.2, 0.25) is 0 Å². The molecule has 138 valence electrons.